The molecule has 2 nitrogen and oxygen atoms in total. The number of para-hydroxylation sites is 1. The average molecular weight is 254 g/mol. The van der Waals surface area contributed by atoms with E-state index in [-0.39, 0.29) is 0 Å². The van der Waals surface area contributed by atoms with Gasteiger partial charge in [-0.3, -0.25) is 4.98 Å². The second kappa shape index (κ2) is 5.70. The van der Waals surface area contributed by atoms with Crippen molar-refractivity contribution >= 4 is 10.9 Å². The highest BCUT2D eigenvalue weighted by Crippen LogP contribution is 2.32. The van der Waals surface area contributed by atoms with Gasteiger partial charge in [0.05, 0.1) is 5.52 Å². The largest absolute Gasteiger partial charge is 0.316 e. The summed E-state index contributed by atoms with van der Waals surface area (Å²) in [6, 6.07) is 11.3. The standard InChI is InChI=1S/C17H22N2/c1-18-17-10-4-2-3-8-15(17)14-11-13-7-5-6-9-16(13)19-12-14/h5-7,9,11-12,15,17-18H,2-4,8,10H2,1H3. The highest BCUT2D eigenvalue weighted by molar-refractivity contribution is 5.78. The lowest BCUT2D eigenvalue weighted by molar-refractivity contribution is 0.439. The summed E-state index contributed by atoms with van der Waals surface area (Å²) in [6.45, 7) is 0. The van der Waals surface area contributed by atoms with Crippen LogP contribution in [-0.4, -0.2) is 18.1 Å². The van der Waals surface area contributed by atoms with Crippen LogP contribution in [0.3, 0.4) is 0 Å². The van der Waals surface area contributed by atoms with E-state index in [4.69, 9.17) is 0 Å². The molecule has 0 aliphatic heterocycles. The highest BCUT2D eigenvalue weighted by Gasteiger charge is 2.24. The molecule has 0 spiro atoms. The SMILES string of the molecule is CNC1CCCCCC1c1cnc2ccccc2c1. The zero-order valence-electron chi connectivity index (χ0n) is 11.6. The van der Waals surface area contributed by atoms with Crippen LogP contribution in [0.2, 0.25) is 0 Å². The van der Waals surface area contributed by atoms with Gasteiger partial charge in [0.25, 0.3) is 0 Å². The summed E-state index contributed by atoms with van der Waals surface area (Å²) in [6.07, 6.45) is 8.72. The molecule has 3 rings (SSSR count). The third kappa shape index (κ3) is 2.64. The van der Waals surface area contributed by atoms with Crippen molar-refractivity contribution in [1.82, 2.24) is 10.3 Å². The Morgan fingerprint density at radius 1 is 1.11 bits per heavy atom. The van der Waals surface area contributed by atoms with Crippen molar-refractivity contribution in [3.05, 3.63) is 42.1 Å². The third-order valence-corrected chi connectivity index (χ3v) is 4.43. The number of fused-ring (bicyclic) bond motifs is 1. The van der Waals surface area contributed by atoms with Gasteiger partial charge in [-0.1, -0.05) is 37.5 Å². The van der Waals surface area contributed by atoms with E-state index in [1.165, 1.54) is 43.1 Å². The number of nitrogens with one attached hydrogen (secondary N) is 1. The minimum Gasteiger partial charge on any atom is -0.316 e. The predicted octanol–water partition coefficient (Wildman–Crippen LogP) is 3.87. The van der Waals surface area contributed by atoms with E-state index in [2.05, 4.69) is 53.9 Å². The van der Waals surface area contributed by atoms with Crippen LogP contribution in [0.1, 0.15) is 43.6 Å². The Labute approximate surface area is 115 Å². The molecule has 2 unspecified atom stereocenters. The summed E-state index contributed by atoms with van der Waals surface area (Å²) < 4.78 is 0. The number of nitrogens with zero attached hydrogens (tertiary/aromatic N) is 1. The molecule has 0 bridgehead atoms. The smallest absolute Gasteiger partial charge is 0.0702 e. The fourth-order valence-electron chi connectivity index (χ4n) is 3.34. The second-order valence-corrected chi connectivity index (χ2v) is 5.60. The zero-order valence-corrected chi connectivity index (χ0v) is 11.6. The van der Waals surface area contributed by atoms with Gasteiger partial charge < -0.3 is 5.32 Å². The number of hydrogen-bond donors (Lipinski definition) is 1. The molecule has 1 N–H and O–H groups in total. The molecule has 1 aromatic heterocycles. The molecule has 0 amide bonds. The predicted molar refractivity (Wildman–Crippen MR) is 80.4 cm³/mol. The lowest BCUT2D eigenvalue weighted by Crippen LogP contribution is -2.31. The van der Waals surface area contributed by atoms with Crippen LogP contribution >= 0.6 is 0 Å². The maximum atomic E-state index is 4.63. The van der Waals surface area contributed by atoms with Crippen molar-refractivity contribution < 1.29 is 0 Å². The van der Waals surface area contributed by atoms with Crippen LogP contribution in [0.15, 0.2) is 36.5 Å². The molecule has 1 aliphatic rings. The van der Waals surface area contributed by atoms with Gasteiger partial charge in [-0.2, -0.15) is 0 Å². The number of hydrogen-bond acceptors (Lipinski definition) is 2. The monoisotopic (exact) mass is 254 g/mol. The summed E-state index contributed by atoms with van der Waals surface area (Å²) in [5.41, 5.74) is 2.50. The van der Waals surface area contributed by atoms with Gasteiger partial charge >= 0.3 is 0 Å². The van der Waals surface area contributed by atoms with Crippen molar-refractivity contribution in [2.75, 3.05) is 7.05 Å². The molecule has 2 aromatic rings. The normalized spacial score (nSPS) is 24.3. The quantitative estimate of drug-likeness (QED) is 0.823. The van der Waals surface area contributed by atoms with Crippen LogP contribution in [0.5, 0.6) is 0 Å². The van der Waals surface area contributed by atoms with E-state index in [0.29, 0.717) is 12.0 Å². The Kier molecular flexibility index (Phi) is 3.79. The molecule has 2 atom stereocenters. The van der Waals surface area contributed by atoms with Gasteiger partial charge in [0.15, 0.2) is 0 Å². The Morgan fingerprint density at radius 3 is 2.84 bits per heavy atom. The van der Waals surface area contributed by atoms with E-state index >= 15 is 0 Å². The second-order valence-electron chi connectivity index (χ2n) is 5.60. The maximum Gasteiger partial charge on any atom is 0.0702 e. The molecular formula is C17H22N2. The Morgan fingerprint density at radius 2 is 1.95 bits per heavy atom. The van der Waals surface area contributed by atoms with E-state index < -0.39 is 0 Å². The minimum atomic E-state index is 0.602. The first-order valence-corrected chi connectivity index (χ1v) is 7.40. The number of pyridine rings is 1. The van der Waals surface area contributed by atoms with Gasteiger partial charge in [0.1, 0.15) is 0 Å². The Bertz CT molecular complexity index is 550. The molecular weight excluding hydrogens is 232 g/mol. The van der Waals surface area contributed by atoms with Crippen LogP contribution < -0.4 is 5.32 Å². The maximum absolute atomic E-state index is 4.63. The van der Waals surface area contributed by atoms with Crippen molar-refractivity contribution in [1.29, 1.82) is 0 Å². The van der Waals surface area contributed by atoms with Crippen LogP contribution in [-0.2, 0) is 0 Å². The minimum absolute atomic E-state index is 0.602. The first-order chi connectivity index (χ1) is 9.38. The van der Waals surface area contributed by atoms with Gasteiger partial charge in [-0.15, -0.1) is 0 Å². The zero-order chi connectivity index (χ0) is 13.1. The summed E-state index contributed by atoms with van der Waals surface area (Å²) in [5.74, 6) is 0.615. The van der Waals surface area contributed by atoms with E-state index in [1.54, 1.807) is 0 Å². The number of rotatable bonds is 2. The lowest BCUT2D eigenvalue weighted by atomic mass is 9.88. The Balaban J connectivity index is 1.96. The number of aromatic nitrogens is 1. The average Bonchev–Trinajstić information content (AvgIpc) is 2.72. The first kappa shape index (κ1) is 12.6. The van der Waals surface area contributed by atoms with Crippen LogP contribution in [0.4, 0.5) is 0 Å². The van der Waals surface area contributed by atoms with E-state index in [9.17, 15) is 0 Å². The molecule has 0 saturated heterocycles. The van der Waals surface area contributed by atoms with E-state index in [0.717, 1.165) is 5.52 Å². The first-order valence-electron chi connectivity index (χ1n) is 7.40. The third-order valence-electron chi connectivity index (χ3n) is 4.43. The number of benzene rings is 1. The molecule has 1 aliphatic carbocycles. The molecule has 1 heterocycles. The van der Waals surface area contributed by atoms with Crippen molar-refractivity contribution in [3.63, 3.8) is 0 Å². The highest BCUT2D eigenvalue weighted by atomic mass is 14.9. The molecule has 100 valence electrons. The summed E-state index contributed by atoms with van der Waals surface area (Å²) in [5, 5.41) is 4.78. The fourth-order valence-corrected chi connectivity index (χ4v) is 3.34. The lowest BCUT2D eigenvalue weighted by Gasteiger charge is -2.25. The summed E-state index contributed by atoms with van der Waals surface area (Å²) >= 11 is 0. The molecule has 1 fully saturated rings. The molecule has 0 radical (unpaired) electrons. The fraction of sp³-hybridized carbons (Fsp3) is 0.471. The van der Waals surface area contributed by atoms with Gasteiger partial charge in [-0.25, -0.2) is 0 Å². The van der Waals surface area contributed by atoms with E-state index in [1.807, 2.05) is 0 Å². The molecule has 1 saturated carbocycles. The number of likely N-dealkylation sites (N-methyl/N-ethyl adjacent to an activating group) is 1. The van der Waals surface area contributed by atoms with Crippen molar-refractivity contribution in [2.24, 2.45) is 0 Å². The molecule has 19 heavy (non-hydrogen) atoms. The van der Waals surface area contributed by atoms with Crippen molar-refractivity contribution in [2.45, 2.75) is 44.1 Å². The molecule has 1 aromatic carbocycles. The summed E-state index contributed by atoms with van der Waals surface area (Å²) in [4.78, 5) is 4.63. The van der Waals surface area contributed by atoms with Crippen molar-refractivity contribution in [3.8, 4) is 0 Å². The topological polar surface area (TPSA) is 24.9 Å². The summed E-state index contributed by atoms with van der Waals surface area (Å²) in [7, 11) is 2.09. The van der Waals surface area contributed by atoms with Gasteiger partial charge in [0, 0.05) is 23.5 Å². The van der Waals surface area contributed by atoms with Gasteiger partial charge in [-0.05, 0) is 37.6 Å². The van der Waals surface area contributed by atoms with Gasteiger partial charge in [0.2, 0.25) is 0 Å². The Hall–Kier alpha value is -1.41. The molecule has 2 heteroatoms. The van der Waals surface area contributed by atoms with Crippen LogP contribution in [0.25, 0.3) is 10.9 Å². The van der Waals surface area contributed by atoms with Crippen LogP contribution in [0, 0.1) is 0 Å².